The van der Waals surface area contributed by atoms with Gasteiger partial charge in [-0.25, -0.2) is 0 Å². The SMILES string of the molecule is CC(O)(CCc1cccs1)c1ccc(O)cc1. The van der Waals surface area contributed by atoms with E-state index in [0.717, 1.165) is 12.0 Å². The molecule has 0 aliphatic carbocycles. The van der Waals surface area contributed by atoms with Crippen molar-refractivity contribution in [2.24, 2.45) is 0 Å². The third-order valence-corrected chi connectivity index (χ3v) is 3.86. The van der Waals surface area contributed by atoms with Crippen molar-refractivity contribution >= 4 is 11.3 Å². The van der Waals surface area contributed by atoms with E-state index in [0.29, 0.717) is 6.42 Å². The van der Waals surface area contributed by atoms with Crippen molar-refractivity contribution in [3.8, 4) is 5.75 Å². The molecule has 0 radical (unpaired) electrons. The normalized spacial score (nSPS) is 14.5. The van der Waals surface area contributed by atoms with Crippen LogP contribution in [0.15, 0.2) is 41.8 Å². The van der Waals surface area contributed by atoms with Crippen LogP contribution in [0.4, 0.5) is 0 Å². The largest absolute Gasteiger partial charge is 0.508 e. The Labute approximate surface area is 105 Å². The van der Waals surface area contributed by atoms with Crippen LogP contribution in [0.2, 0.25) is 0 Å². The van der Waals surface area contributed by atoms with Gasteiger partial charge in [-0.1, -0.05) is 18.2 Å². The topological polar surface area (TPSA) is 40.5 Å². The van der Waals surface area contributed by atoms with Crippen LogP contribution < -0.4 is 0 Å². The second-order valence-corrected chi connectivity index (χ2v) is 5.43. The van der Waals surface area contributed by atoms with E-state index >= 15 is 0 Å². The van der Waals surface area contributed by atoms with Gasteiger partial charge >= 0.3 is 0 Å². The molecule has 0 aliphatic heterocycles. The van der Waals surface area contributed by atoms with Crippen molar-refractivity contribution in [2.45, 2.75) is 25.4 Å². The van der Waals surface area contributed by atoms with Crippen LogP contribution in [-0.4, -0.2) is 10.2 Å². The molecule has 90 valence electrons. The van der Waals surface area contributed by atoms with Crippen LogP contribution in [0, 0.1) is 0 Å². The molecular weight excluding hydrogens is 232 g/mol. The number of rotatable bonds is 4. The average molecular weight is 248 g/mol. The van der Waals surface area contributed by atoms with E-state index < -0.39 is 5.60 Å². The fourth-order valence-corrected chi connectivity index (χ4v) is 2.50. The van der Waals surface area contributed by atoms with Gasteiger partial charge in [-0.05, 0) is 48.9 Å². The zero-order valence-corrected chi connectivity index (χ0v) is 10.6. The molecule has 0 amide bonds. The highest BCUT2D eigenvalue weighted by Gasteiger charge is 2.22. The van der Waals surface area contributed by atoms with Crippen molar-refractivity contribution < 1.29 is 10.2 Å². The van der Waals surface area contributed by atoms with E-state index in [2.05, 4.69) is 6.07 Å². The molecule has 0 aliphatic rings. The summed E-state index contributed by atoms with van der Waals surface area (Å²) in [7, 11) is 0. The van der Waals surface area contributed by atoms with E-state index in [1.165, 1.54) is 4.88 Å². The summed E-state index contributed by atoms with van der Waals surface area (Å²) >= 11 is 1.71. The number of hydrogen-bond donors (Lipinski definition) is 2. The number of benzene rings is 1. The van der Waals surface area contributed by atoms with E-state index in [9.17, 15) is 10.2 Å². The molecule has 0 spiro atoms. The fraction of sp³-hybridized carbons (Fsp3) is 0.286. The van der Waals surface area contributed by atoms with Gasteiger partial charge in [0.25, 0.3) is 0 Å². The number of aryl methyl sites for hydroxylation is 1. The smallest absolute Gasteiger partial charge is 0.115 e. The molecule has 1 aromatic carbocycles. The minimum atomic E-state index is -0.850. The van der Waals surface area contributed by atoms with E-state index in [4.69, 9.17) is 0 Å². The Balaban J connectivity index is 2.05. The highest BCUT2D eigenvalue weighted by atomic mass is 32.1. The Hall–Kier alpha value is -1.32. The van der Waals surface area contributed by atoms with Gasteiger partial charge in [-0.3, -0.25) is 0 Å². The molecule has 1 aromatic heterocycles. The molecule has 0 saturated heterocycles. The fourth-order valence-electron chi connectivity index (χ4n) is 1.79. The number of aliphatic hydroxyl groups is 1. The molecule has 2 aromatic rings. The molecule has 3 heteroatoms. The van der Waals surface area contributed by atoms with Crippen LogP contribution in [0.5, 0.6) is 5.75 Å². The third kappa shape index (κ3) is 3.08. The first-order valence-corrected chi connectivity index (χ1v) is 6.50. The second kappa shape index (κ2) is 4.90. The van der Waals surface area contributed by atoms with E-state index in [-0.39, 0.29) is 5.75 Å². The first kappa shape index (κ1) is 12.1. The summed E-state index contributed by atoms with van der Waals surface area (Å²) in [5.74, 6) is 0.225. The summed E-state index contributed by atoms with van der Waals surface area (Å²) in [6.07, 6.45) is 1.55. The second-order valence-electron chi connectivity index (χ2n) is 4.40. The van der Waals surface area contributed by atoms with Crippen LogP contribution in [-0.2, 0) is 12.0 Å². The Morgan fingerprint density at radius 1 is 1.18 bits per heavy atom. The molecule has 17 heavy (non-hydrogen) atoms. The average Bonchev–Trinajstić information content (AvgIpc) is 2.80. The van der Waals surface area contributed by atoms with Gasteiger partial charge in [-0.2, -0.15) is 0 Å². The summed E-state index contributed by atoms with van der Waals surface area (Å²) < 4.78 is 0. The maximum Gasteiger partial charge on any atom is 0.115 e. The number of phenolic OH excluding ortho intramolecular Hbond substituents is 1. The molecule has 2 rings (SSSR count). The van der Waals surface area contributed by atoms with Gasteiger partial charge in [0.2, 0.25) is 0 Å². The van der Waals surface area contributed by atoms with Crippen LogP contribution in [0.3, 0.4) is 0 Å². The molecule has 0 saturated carbocycles. The zero-order valence-electron chi connectivity index (χ0n) is 9.76. The highest BCUT2D eigenvalue weighted by molar-refractivity contribution is 7.09. The lowest BCUT2D eigenvalue weighted by atomic mass is 9.91. The number of aromatic hydroxyl groups is 1. The number of phenols is 1. The summed E-state index contributed by atoms with van der Waals surface area (Å²) in [5, 5.41) is 21.7. The maximum atomic E-state index is 10.4. The molecule has 2 nitrogen and oxygen atoms in total. The molecule has 1 unspecified atom stereocenters. The molecule has 0 bridgehead atoms. The molecule has 1 atom stereocenters. The van der Waals surface area contributed by atoms with Crippen molar-refractivity contribution in [3.63, 3.8) is 0 Å². The Bertz CT molecular complexity index is 457. The molecular formula is C14H16O2S. The van der Waals surface area contributed by atoms with Crippen molar-refractivity contribution in [1.29, 1.82) is 0 Å². The summed E-state index contributed by atoms with van der Waals surface area (Å²) in [6, 6.07) is 10.9. The van der Waals surface area contributed by atoms with Crippen LogP contribution in [0.1, 0.15) is 23.8 Å². The first-order valence-electron chi connectivity index (χ1n) is 5.62. The quantitative estimate of drug-likeness (QED) is 0.871. The monoisotopic (exact) mass is 248 g/mol. The van der Waals surface area contributed by atoms with Gasteiger partial charge in [0.15, 0.2) is 0 Å². The molecule has 0 fully saturated rings. The lowest BCUT2D eigenvalue weighted by molar-refractivity contribution is 0.0482. The number of hydrogen-bond acceptors (Lipinski definition) is 3. The minimum Gasteiger partial charge on any atom is -0.508 e. The Morgan fingerprint density at radius 3 is 2.47 bits per heavy atom. The highest BCUT2D eigenvalue weighted by Crippen LogP contribution is 2.28. The summed E-state index contributed by atoms with van der Waals surface area (Å²) in [6.45, 7) is 1.81. The zero-order chi connectivity index (χ0) is 12.3. The van der Waals surface area contributed by atoms with Crippen LogP contribution in [0.25, 0.3) is 0 Å². The van der Waals surface area contributed by atoms with E-state index in [1.807, 2.05) is 18.4 Å². The summed E-state index contributed by atoms with van der Waals surface area (Å²) in [4.78, 5) is 1.28. The van der Waals surface area contributed by atoms with Gasteiger partial charge < -0.3 is 10.2 Å². The lowest BCUT2D eigenvalue weighted by Crippen LogP contribution is -2.21. The third-order valence-electron chi connectivity index (χ3n) is 2.93. The number of thiophene rings is 1. The standard InChI is InChI=1S/C14H16O2S/c1-14(16,9-8-13-3-2-10-17-13)11-4-6-12(15)7-5-11/h2-7,10,15-16H,8-9H2,1H3. The Morgan fingerprint density at radius 2 is 1.88 bits per heavy atom. The first-order chi connectivity index (χ1) is 8.08. The van der Waals surface area contributed by atoms with Crippen molar-refractivity contribution in [3.05, 3.63) is 52.2 Å². The van der Waals surface area contributed by atoms with Gasteiger partial charge in [-0.15, -0.1) is 11.3 Å². The summed E-state index contributed by atoms with van der Waals surface area (Å²) in [5.41, 5.74) is -0.00983. The predicted molar refractivity (Wildman–Crippen MR) is 70.3 cm³/mol. The van der Waals surface area contributed by atoms with Crippen LogP contribution >= 0.6 is 11.3 Å². The minimum absolute atomic E-state index is 0.225. The van der Waals surface area contributed by atoms with Gasteiger partial charge in [0, 0.05) is 4.88 Å². The molecule has 2 N–H and O–H groups in total. The van der Waals surface area contributed by atoms with Gasteiger partial charge in [0.1, 0.15) is 5.75 Å². The van der Waals surface area contributed by atoms with Crippen molar-refractivity contribution in [2.75, 3.05) is 0 Å². The van der Waals surface area contributed by atoms with E-state index in [1.54, 1.807) is 35.6 Å². The predicted octanol–water partition coefficient (Wildman–Crippen LogP) is 3.29. The lowest BCUT2D eigenvalue weighted by Gasteiger charge is -2.23. The Kier molecular flexibility index (Phi) is 3.50. The maximum absolute atomic E-state index is 10.4. The van der Waals surface area contributed by atoms with Crippen molar-refractivity contribution in [1.82, 2.24) is 0 Å². The molecule has 1 heterocycles. The van der Waals surface area contributed by atoms with Gasteiger partial charge in [0.05, 0.1) is 5.60 Å².